The molecule has 0 fully saturated rings. The van der Waals surface area contributed by atoms with Gasteiger partial charge in [-0.05, 0) is 99.2 Å². The van der Waals surface area contributed by atoms with Crippen LogP contribution in [-0.4, -0.2) is 34.0 Å². The number of anilines is 2. The molecule has 14 nitrogen and oxygen atoms in total. The van der Waals surface area contributed by atoms with Crippen LogP contribution >= 0.6 is 0 Å². The molecule has 0 saturated carbocycles. The van der Waals surface area contributed by atoms with Gasteiger partial charge < -0.3 is 30.4 Å². The lowest BCUT2D eigenvalue weighted by molar-refractivity contribution is -0.386. The molecule has 62 heavy (non-hydrogen) atoms. The maximum Gasteiger partial charge on any atom is 0.343 e. The van der Waals surface area contributed by atoms with Gasteiger partial charge in [-0.25, -0.2) is 9.59 Å². The van der Waals surface area contributed by atoms with E-state index < -0.39 is 21.8 Å². The van der Waals surface area contributed by atoms with Crippen LogP contribution in [0.1, 0.15) is 113 Å². The maximum absolute atomic E-state index is 13.0. The van der Waals surface area contributed by atoms with Gasteiger partial charge >= 0.3 is 23.3 Å². The first kappa shape index (κ1) is 46.1. The number of rotatable bonds is 22. The number of nitro groups is 2. The number of benzene rings is 5. The van der Waals surface area contributed by atoms with E-state index in [4.69, 9.17) is 30.4 Å². The third kappa shape index (κ3) is 12.5. The highest BCUT2D eigenvalue weighted by molar-refractivity contribution is 5.93. The standard InChI is InChI=1S/C48H54N4O10/c1-5-7-9-11-13-31(3)59-45-29-41(49)39(27-43(45)51(55)56)33-15-19-35(20-16-33)47(53)61-37-23-25-38(26-24-37)62-48(54)36-21-17-34(18-22-36)40-28-44(52(57)58)46(30-42(40)50)60-32(4)14-12-10-8-6-2/h15-32H,5-14,49-50H2,1-4H3/t31-,32-/m1/s1. The first-order valence-corrected chi connectivity index (χ1v) is 21.0. The van der Waals surface area contributed by atoms with Gasteiger partial charge in [-0.2, -0.15) is 0 Å². The van der Waals surface area contributed by atoms with Gasteiger partial charge in [0, 0.05) is 46.8 Å². The Kier molecular flexibility index (Phi) is 16.4. The second kappa shape index (κ2) is 22.0. The van der Waals surface area contributed by atoms with Gasteiger partial charge in [0.05, 0.1) is 33.2 Å². The summed E-state index contributed by atoms with van der Waals surface area (Å²) < 4.78 is 22.9. The van der Waals surface area contributed by atoms with Crippen LogP contribution in [0.2, 0.25) is 0 Å². The molecule has 0 aliphatic rings. The molecule has 2 atom stereocenters. The second-order valence-electron chi connectivity index (χ2n) is 15.3. The smallest absolute Gasteiger partial charge is 0.343 e. The Morgan fingerprint density at radius 3 is 1.23 bits per heavy atom. The fourth-order valence-corrected chi connectivity index (χ4v) is 6.89. The summed E-state index contributed by atoms with van der Waals surface area (Å²) in [7, 11) is 0. The van der Waals surface area contributed by atoms with Gasteiger partial charge in [0.15, 0.2) is 11.5 Å². The molecule has 0 spiro atoms. The number of carbonyl (C=O) groups excluding carboxylic acids is 2. The Labute approximate surface area is 361 Å². The zero-order valence-corrected chi connectivity index (χ0v) is 35.6. The number of carbonyl (C=O) groups is 2. The lowest BCUT2D eigenvalue weighted by Gasteiger charge is -2.16. The molecule has 4 N–H and O–H groups in total. The summed E-state index contributed by atoms with van der Waals surface area (Å²) in [6.45, 7) is 8.03. The van der Waals surface area contributed by atoms with E-state index in [0.29, 0.717) is 33.6 Å². The summed E-state index contributed by atoms with van der Waals surface area (Å²) in [6.07, 6.45) is 9.65. The third-order valence-electron chi connectivity index (χ3n) is 10.3. The first-order valence-electron chi connectivity index (χ1n) is 21.0. The van der Waals surface area contributed by atoms with Crippen LogP contribution in [0, 0.1) is 20.2 Å². The SMILES string of the molecule is CCCCCC[C@@H](C)Oc1cc(N)c(-c2ccc(C(=O)Oc3ccc(OC(=O)c4ccc(-c5cc([N+](=O)[O-])c(O[C@H](C)CCCCCC)cc5N)cc4)cc3)cc2)cc1[N+](=O)[O-]. The van der Waals surface area contributed by atoms with E-state index in [1.807, 2.05) is 13.8 Å². The minimum absolute atomic E-state index is 0.110. The van der Waals surface area contributed by atoms with Gasteiger partial charge in [0.2, 0.25) is 0 Å². The van der Waals surface area contributed by atoms with Crippen LogP contribution in [-0.2, 0) is 0 Å². The summed E-state index contributed by atoms with van der Waals surface area (Å²) in [6, 6.07) is 24.2. The molecule has 0 unspecified atom stereocenters. The van der Waals surface area contributed by atoms with Crippen LogP contribution in [0.15, 0.2) is 97.1 Å². The van der Waals surface area contributed by atoms with Crippen molar-refractivity contribution >= 4 is 34.7 Å². The summed E-state index contributed by atoms with van der Waals surface area (Å²) in [5.41, 5.74) is 15.3. The molecule has 14 heteroatoms. The van der Waals surface area contributed by atoms with Gasteiger partial charge in [0.25, 0.3) is 0 Å². The Morgan fingerprint density at radius 1 is 0.548 bits per heavy atom. The molecule has 5 rings (SSSR count). The number of esters is 2. The number of nitrogen functional groups attached to an aromatic ring is 2. The monoisotopic (exact) mass is 846 g/mol. The van der Waals surface area contributed by atoms with Crippen molar-refractivity contribution in [1.82, 2.24) is 0 Å². The highest BCUT2D eigenvalue weighted by Crippen LogP contribution is 2.40. The van der Waals surface area contributed by atoms with Gasteiger partial charge in [-0.1, -0.05) is 76.6 Å². The fourth-order valence-electron chi connectivity index (χ4n) is 6.89. The fraction of sp³-hybridized carbons (Fsp3) is 0.333. The first-order chi connectivity index (χ1) is 29.8. The lowest BCUT2D eigenvalue weighted by atomic mass is 10.0. The molecule has 0 aliphatic heterocycles. The zero-order chi connectivity index (χ0) is 44.8. The topological polar surface area (TPSA) is 209 Å². The minimum Gasteiger partial charge on any atom is -0.484 e. The molecule has 5 aromatic rings. The number of nitrogens with zero attached hydrogens (tertiary/aromatic N) is 2. The predicted octanol–water partition coefficient (Wildman–Crippen LogP) is 11.9. The van der Waals surface area contributed by atoms with Crippen LogP contribution in [0.25, 0.3) is 22.3 Å². The van der Waals surface area contributed by atoms with Crippen molar-refractivity contribution in [2.45, 2.75) is 104 Å². The van der Waals surface area contributed by atoms with Gasteiger partial charge in [0.1, 0.15) is 11.5 Å². The average Bonchev–Trinajstić information content (AvgIpc) is 3.24. The van der Waals surface area contributed by atoms with Crippen LogP contribution < -0.4 is 30.4 Å². The molecule has 0 amide bonds. The molecule has 0 aromatic heterocycles. The van der Waals surface area contributed by atoms with E-state index in [0.717, 1.165) is 64.2 Å². The molecule has 0 aliphatic carbocycles. The number of nitro benzene ring substituents is 2. The number of unbranched alkanes of at least 4 members (excludes halogenated alkanes) is 6. The molecular formula is C48H54N4O10. The molecule has 0 saturated heterocycles. The molecular weight excluding hydrogens is 793 g/mol. The number of nitrogens with two attached hydrogens (primary N) is 2. The van der Waals surface area contributed by atoms with E-state index in [-0.39, 0.29) is 57.7 Å². The van der Waals surface area contributed by atoms with E-state index in [1.54, 1.807) is 24.3 Å². The maximum atomic E-state index is 13.0. The van der Waals surface area contributed by atoms with Crippen molar-refractivity contribution in [3.8, 4) is 45.3 Å². The highest BCUT2D eigenvalue weighted by Gasteiger charge is 2.23. The van der Waals surface area contributed by atoms with Crippen molar-refractivity contribution in [2.75, 3.05) is 11.5 Å². The second-order valence-corrected chi connectivity index (χ2v) is 15.3. The Hall–Kier alpha value is -6.96. The van der Waals surface area contributed by atoms with Crippen molar-refractivity contribution < 1.29 is 38.4 Å². The number of hydrogen-bond acceptors (Lipinski definition) is 12. The third-order valence-corrected chi connectivity index (χ3v) is 10.3. The van der Waals surface area contributed by atoms with Crippen molar-refractivity contribution in [1.29, 1.82) is 0 Å². The van der Waals surface area contributed by atoms with Crippen LogP contribution in [0.4, 0.5) is 22.7 Å². The van der Waals surface area contributed by atoms with Gasteiger partial charge in [-0.3, -0.25) is 20.2 Å². The Balaban J connectivity index is 1.18. The summed E-state index contributed by atoms with van der Waals surface area (Å²) in [5.74, 6) is -0.697. The predicted molar refractivity (Wildman–Crippen MR) is 240 cm³/mol. The Bertz CT molecular complexity index is 2170. The lowest BCUT2D eigenvalue weighted by Crippen LogP contribution is -2.13. The van der Waals surface area contributed by atoms with Gasteiger partial charge in [-0.15, -0.1) is 0 Å². The van der Waals surface area contributed by atoms with E-state index in [1.165, 1.54) is 72.8 Å². The summed E-state index contributed by atoms with van der Waals surface area (Å²) in [4.78, 5) is 49.0. The Morgan fingerprint density at radius 2 is 0.903 bits per heavy atom. The number of ether oxygens (including phenoxy) is 4. The normalized spacial score (nSPS) is 11.9. The average molecular weight is 847 g/mol. The molecule has 0 heterocycles. The minimum atomic E-state index is -0.655. The zero-order valence-electron chi connectivity index (χ0n) is 35.6. The van der Waals surface area contributed by atoms with Crippen molar-refractivity contribution in [3.05, 3.63) is 128 Å². The molecule has 0 radical (unpaired) electrons. The van der Waals surface area contributed by atoms with Crippen molar-refractivity contribution in [2.24, 2.45) is 0 Å². The molecule has 5 aromatic carbocycles. The highest BCUT2D eigenvalue weighted by atomic mass is 16.6. The van der Waals surface area contributed by atoms with E-state index in [9.17, 15) is 29.8 Å². The largest absolute Gasteiger partial charge is 0.484 e. The van der Waals surface area contributed by atoms with Crippen LogP contribution in [0.3, 0.4) is 0 Å². The van der Waals surface area contributed by atoms with Crippen LogP contribution in [0.5, 0.6) is 23.0 Å². The summed E-state index contributed by atoms with van der Waals surface area (Å²) >= 11 is 0. The molecule has 326 valence electrons. The molecule has 0 bridgehead atoms. The van der Waals surface area contributed by atoms with E-state index >= 15 is 0 Å². The summed E-state index contributed by atoms with van der Waals surface area (Å²) in [5, 5.41) is 24.0. The number of hydrogen-bond donors (Lipinski definition) is 2. The van der Waals surface area contributed by atoms with E-state index in [2.05, 4.69) is 13.8 Å². The quantitative estimate of drug-likeness (QED) is 0.0166. The van der Waals surface area contributed by atoms with Crippen molar-refractivity contribution in [3.63, 3.8) is 0 Å².